The average Bonchev–Trinajstić information content (AvgIpc) is 3.25. The predicted molar refractivity (Wildman–Crippen MR) is 215 cm³/mol. The Morgan fingerprint density at radius 2 is 0.556 bits per heavy atom. The minimum atomic E-state index is -6.13. The van der Waals surface area contributed by atoms with E-state index >= 15 is 0 Å². The molecule has 388 valence electrons. The van der Waals surface area contributed by atoms with E-state index in [1.807, 2.05) is 6.07 Å². The molecule has 0 saturated carbocycles. The Bertz CT molecular complexity index is 2430. The summed E-state index contributed by atoms with van der Waals surface area (Å²) < 4.78 is 343. The summed E-state index contributed by atoms with van der Waals surface area (Å²) in [7, 11) is 0. The smallest absolute Gasteiger partial charge is 0.197 e. The number of pyridine rings is 1. The molecule has 0 aliphatic carbocycles. The lowest BCUT2D eigenvalue weighted by molar-refractivity contribution is -0.694. The lowest BCUT2D eigenvalue weighted by atomic mass is 9.12. The van der Waals surface area contributed by atoms with Gasteiger partial charge in [0.05, 0.1) is 49.8 Å². The van der Waals surface area contributed by atoms with E-state index in [9.17, 15) is 105 Å². The van der Waals surface area contributed by atoms with Crippen molar-refractivity contribution < 1.29 is 110 Å². The Hall–Kier alpha value is -5.89. The number of halogens is 25. The fourth-order valence-electron chi connectivity index (χ4n) is 7.64. The third-order valence-electron chi connectivity index (χ3n) is 10.8. The molecule has 0 unspecified atom stereocenters. The first-order valence-corrected chi connectivity index (χ1v) is 20.7. The van der Waals surface area contributed by atoms with E-state index in [0.29, 0.717) is 0 Å². The van der Waals surface area contributed by atoms with Gasteiger partial charge in [-0.15, -0.1) is 0 Å². The lowest BCUT2D eigenvalue weighted by Crippen LogP contribution is -2.75. The van der Waals surface area contributed by atoms with Crippen LogP contribution in [0, 0.1) is 0 Å². The molecule has 0 amide bonds. The minimum Gasteiger partial charge on any atom is -0.197 e. The summed E-state index contributed by atoms with van der Waals surface area (Å²) in [5.74, 6) is 0. The first-order chi connectivity index (χ1) is 32.7. The van der Waals surface area contributed by atoms with Crippen LogP contribution in [0.3, 0.4) is 0 Å². The second-order valence-corrected chi connectivity index (χ2v) is 16.2. The van der Waals surface area contributed by atoms with Crippen molar-refractivity contribution in [3.8, 4) is 0 Å². The standard InChI is InChI=1S/C32H12BF24.C13H13BrN/c34-25(35,36)13-1-14(26(37,38)39)6-21(5-13)33(22-7-15(27(40,41)42)2-16(8-22)28(43,44)45,23-9-17(29(46,47)48)3-18(10-23)30(49,50)51)24-11-19(31(52,53)54)4-20(12-24)32(55,56)57;14-10-13-8-4-5-9-15(13)11-12-6-2-1-3-7-12/h1-12H;1-9H,10-11H2/q-1;+1. The molecule has 0 N–H and O–H groups in total. The third kappa shape index (κ3) is 13.2. The van der Waals surface area contributed by atoms with Gasteiger partial charge in [-0.25, -0.2) is 0 Å². The molecular formula is C45H25BBrF24N. The van der Waals surface area contributed by atoms with E-state index in [2.05, 4.69) is 69.2 Å². The van der Waals surface area contributed by atoms with Crippen LogP contribution in [0.5, 0.6) is 0 Å². The quantitative estimate of drug-likeness (QED) is 0.0649. The first kappa shape index (κ1) is 57.0. The zero-order valence-corrected chi connectivity index (χ0v) is 36.6. The van der Waals surface area contributed by atoms with Gasteiger partial charge in [0.15, 0.2) is 18.4 Å². The molecule has 6 rings (SSSR count). The second kappa shape index (κ2) is 19.9. The van der Waals surface area contributed by atoms with Crippen LogP contribution >= 0.6 is 15.9 Å². The Morgan fingerprint density at radius 3 is 0.778 bits per heavy atom. The fourth-order valence-corrected chi connectivity index (χ4v) is 8.15. The highest BCUT2D eigenvalue weighted by Crippen LogP contribution is 2.41. The van der Waals surface area contributed by atoms with Crippen LogP contribution in [-0.2, 0) is 61.3 Å². The molecule has 5 aromatic carbocycles. The van der Waals surface area contributed by atoms with Crippen molar-refractivity contribution in [2.45, 2.75) is 61.3 Å². The maximum Gasteiger partial charge on any atom is 0.416 e. The van der Waals surface area contributed by atoms with E-state index < -0.39 is 195 Å². The van der Waals surface area contributed by atoms with Gasteiger partial charge < -0.3 is 0 Å². The van der Waals surface area contributed by atoms with Crippen molar-refractivity contribution in [3.05, 3.63) is 183 Å². The zero-order chi connectivity index (χ0) is 54.4. The van der Waals surface area contributed by atoms with Crippen molar-refractivity contribution in [2.75, 3.05) is 0 Å². The number of hydrogen-bond donors (Lipinski definition) is 0. The molecule has 0 aliphatic heterocycles. The maximum atomic E-state index is 14.2. The largest absolute Gasteiger partial charge is 0.416 e. The molecule has 27 heteroatoms. The Kier molecular flexibility index (Phi) is 15.7. The van der Waals surface area contributed by atoms with Gasteiger partial charge in [0.25, 0.3) is 0 Å². The van der Waals surface area contributed by atoms with Gasteiger partial charge >= 0.3 is 49.4 Å². The van der Waals surface area contributed by atoms with Crippen LogP contribution in [0.15, 0.2) is 128 Å². The highest BCUT2D eigenvalue weighted by Gasteiger charge is 2.47. The van der Waals surface area contributed by atoms with Gasteiger partial charge in [-0.3, -0.25) is 0 Å². The molecular weight excluding hydrogens is 1100 g/mol. The van der Waals surface area contributed by atoms with Crippen molar-refractivity contribution in [2.24, 2.45) is 0 Å². The Balaban J connectivity index is 0.000000542. The first-order valence-electron chi connectivity index (χ1n) is 19.6. The summed E-state index contributed by atoms with van der Waals surface area (Å²) in [5, 5.41) is 0.890. The zero-order valence-electron chi connectivity index (χ0n) is 35.0. The van der Waals surface area contributed by atoms with Gasteiger partial charge in [-0.2, -0.15) is 132 Å². The minimum absolute atomic E-state index is 0.691. The Morgan fingerprint density at radius 1 is 0.319 bits per heavy atom. The number of rotatable bonds is 7. The lowest BCUT2D eigenvalue weighted by Gasteiger charge is -2.46. The average molecular weight is 1130 g/mol. The van der Waals surface area contributed by atoms with E-state index in [1.54, 1.807) is 0 Å². The van der Waals surface area contributed by atoms with Crippen LogP contribution in [0.4, 0.5) is 105 Å². The Labute approximate surface area is 397 Å². The monoisotopic (exact) mass is 1130 g/mol. The van der Waals surface area contributed by atoms with Crippen molar-refractivity contribution in [3.63, 3.8) is 0 Å². The van der Waals surface area contributed by atoms with Crippen LogP contribution in [0.1, 0.15) is 55.8 Å². The van der Waals surface area contributed by atoms with Crippen molar-refractivity contribution >= 4 is 43.9 Å². The highest BCUT2D eigenvalue weighted by atomic mass is 79.9. The molecule has 0 spiro atoms. The number of benzene rings is 5. The van der Waals surface area contributed by atoms with Crippen LogP contribution < -0.4 is 26.4 Å². The molecule has 0 saturated heterocycles. The van der Waals surface area contributed by atoms with E-state index in [4.69, 9.17) is 0 Å². The van der Waals surface area contributed by atoms with Crippen LogP contribution in [0.25, 0.3) is 0 Å². The summed E-state index contributed by atoms with van der Waals surface area (Å²) in [6, 6.07) is 7.96. The molecule has 6 aromatic rings. The van der Waals surface area contributed by atoms with Gasteiger partial charge in [-0.05, 0) is 24.3 Å². The maximum absolute atomic E-state index is 14.2. The molecule has 72 heavy (non-hydrogen) atoms. The number of aromatic nitrogens is 1. The number of nitrogens with zero attached hydrogens (tertiary/aromatic N) is 1. The van der Waals surface area contributed by atoms with Gasteiger partial charge in [0.2, 0.25) is 0 Å². The molecule has 0 atom stereocenters. The molecule has 0 fully saturated rings. The fraction of sp³-hybridized carbons (Fsp3) is 0.222. The topological polar surface area (TPSA) is 3.88 Å². The predicted octanol–water partition coefficient (Wildman–Crippen LogP) is 14.1. The third-order valence-corrected chi connectivity index (χ3v) is 11.4. The summed E-state index contributed by atoms with van der Waals surface area (Å²) in [4.78, 5) is 0. The molecule has 0 bridgehead atoms. The van der Waals surface area contributed by atoms with E-state index in [0.717, 1.165) is 11.9 Å². The molecule has 1 aromatic heterocycles. The molecule has 0 radical (unpaired) electrons. The number of hydrogen-bond acceptors (Lipinski definition) is 0. The van der Waals surface area contributed by atoms with Crippen molar-refractivity contribution in [1.29, 1.82) is 0 Å². The van der Waals surface area contributed by atoms with Crippen molar-refractivity contribution in [1.82, 2.24) is 0 Å². The van der Waals surface area contributed by atoms with E-state index in [1.165, 1.54) is 11.3 Å². The summed E-state index contributed by atoms with van der Waals surface area (Å²) in [6.45, 7) is 0.933. The molecule has 0 aliphatic rings. The molecule has 1 heterocycles. The summed E-state index contributed by atoms with van der Waals surface area (Å²) >= 11 is 3.50. The van der Waals surface area contributed by atoms with Crippen LogP contribution in [-0.4, -0.2) is 6.15 Å². The van der Waals surface area contributed by atoms with Gasteiger partial charge in [0.1, 0.15) is 6.15 Å². The number of alkyl halides is 25. The summed E-state index contributed by atoms with van der Waals surface area (Å²) in [6.07, 6.45) is -52.7. The molecule has 1 nitrogen and oxygen atoms in total. The SMILES string of the molecule is BrCc1cccc[n+]1Cc1ccccc1.FC(F)(F)c1cc([B-](c2cc(C(F)(F)F)cc(C(F)(F)F)c2)(c2cc(C(F)(F)F)cc(C(F)(F)F)c2)c2cc(C(F)(F)F)cc(C(F)(F)F)c2)cc(C(F)(F)F)c1. The summed E-state index contributed by atoms with van der Waals surface area (Å²) in [5.41, 5.74) is -27.6. The van der Waals surface area contributed by atoms with Crippen LogP contribution in [0.2, 0.25) is 0 Å². The highest BCUT2D eigenvalue weighted by molar-refractivity contribution is 9.08. The van der Waals surface area contributed by atoms with E-state index in [-0.39, 0.29) is 0 Å². The normalized spacial score (nSPS) is 13.5. The van der Waals surface area contributed by atoms with Gasteiger partial charge in [0, 0.05) is 17.7 Å². The second-order valence-electron chi connectivity index (χ2n) is 15.7. The van der Waals surface area contributed by atoms with Gasteiger partial charge in [-0.1, -0.05) is 101 Å².